The van der Waals surface area contributed by atoms with Crippen LogP contribution in [0.1, 0.15) is 43.0 Å². The minimum Gasteiger partial charge on any atom is -0.346 e. The second kappa shape index (κ2) is 6.34. The molecule has 6 heteroatoms. The van der Waals surface area contributed by atoms with Gasteiger partial charge in [0, 0.05) is 49.7 Å². The molecule has 0 saturated carbocycles. The van der Waals surface area contributed by atoms with Crippen LogP contribution in [0.2, 0.25) is 0 Å². The summed E-state index contributed by atoms with van der Waals surface area (Å²) in [5.74, 6) is 2.45. The number of H-pyrrole nitrogens is 1. The fourth-order valence-electron chi connectivity index (χ4n) is 3.11. The van der Waals surface area contributed by atoms with Gasteiger partial charge < -0.3 is 14.5 Å². The maximum Gasteiger partial charge on any atom is 0.242 e. The van der Waals surface area contributed by atoms with Gasteiger partial charge in [0.1, 0.15) is 18.2 Å². The van der Waals surface area contributed by atoms with E-state index in [1.807, 2.05) is 28.8 Å². The third-order valence-electron chi connectivity index (χ3n) is 4.31. The predicted molar refractivity (Wildman–Crippen MR) is 83.5 cm³/mol. The molecular formula is C16H23N5O. The Morgan fingerprint density at radius 3 is 3.05 bits per heavy atom. The Labute approximate surface area is 130 Å². The van der Waals surface area contributed by atoms with Crippen LogP contribution >= 0.6 is 0 Å². The van der Waals surface area contributed by atoms with Crippen LogP contribution in [-0.4, -0.2) is 43.4 Å². The number of carbonyl (C=O) groups is 1. The Morgan fingerprint density at radius 2 is 2.32 bits per heavy atom. The van der Waals surface area contributed by atoms with Gasteiger partial charge in [0.2, 0.25) is 5.91 Å². The number of likely N-dealkylation sites (tertiary alicyclic amines) is 1. The summed E-state index contributed by atoms with van der Waals surface area (Å²) in [6.45, 7) is 6.03. The lowest BCUT2D eigenvalue weighted by Gasteiger charge is -2.32. The van der Waals surface area contributed by atoms with Crippen LogP contribution in [0.5, 0.6) is 0 Å². The first-order valence-corrected chi connectivity index (χ1v) is 7.96. The highest BCUT2D eigenvalue weighted by atomic mass is 16.2. The number of amides is 1. The first kappa shape index (κ1) is 14.8. The first-order valence-electron chi connectivity index (χ1n) is 7.96. The first-order chi connectivity index (χ1) is 10.7. The molecule has 3 heterocycles. The average Bonchev–Trinajstić information content (AvgIpc) is 3.16. The third-order valence-corrected chi connectivity index (χ3v) is 4.31. The van der Waals surface area contributed by atoms with E-state index in [4.69, 9.17) is 0 Å². The molecule has 0 aliphatic carbocycles. The van der Waals surface area contributed by atoms with E-state index in [2.05, 4.69) is 21.9 Å². The molecule has 1 atom stereocenters. The van der Waals surface area contributed by atoms with Gasteiger partial charge in [-0.15, -0.1) is 0 Å². The van der Waals surface area contributed by atoms with Gasteiger partial charge in [-0.05, 0) is 19.8 Å². The highest BCUT2D eigenvalue weighted by Crippen LogP contribution is 2.25. The van der Waals surface area contributed by atoms with E-state index >= 15 is 0 Å². The Hall–Kier alpha value is -2.11. The minimum atomic E-state index is 0.167. The molecule has 1 aliphatic heterocycles. The van der Waals surface area contributed by atoms with Gasteiger partial charge in [0.05, 0.1) is 0 Å². The number of imidazole rings is 2. The monoisotopic (exact) mass is 301 g/mol. The maximum atomic E-state index is 12.6. The summed E-state index contributed by atoms with van der Waals surface area (Å²) in [5.41, 5.74) is 1.07. The molecule has 2 aromatic heterocycles. The van der Waals surface area contributed by atoms with Gasteiger partial charge in [-0.1, -0.05) is 6.92 Å². The zero-order valence-corrected chi connectivity index (χ0v) is 13.2. The van der Waals surface area contributed by atoms with E-state index in [0.717, 1.165) is 49.7 Å². The van der Waals surface area contributed by atoms with Gasteiger partial charge in [-0.3, -0.25) is 4.79 Å². The molecule has 1 amide bonds. The van der Waals surface area contributed by atoms with Crippen LogP contribution in [0.25, 0.3) is 0 Å². The summed E-state index contributed by atoms with van der Waals surface area (Å²) in [7, 11) is 0. The molecule has 0 radical (unpaired) electrons. The minimum absolute atomic E-state index is 0.167. The number of aromatic amines is 1. The summed E-state index contributed by atoms with van der Waals surface area (Å²) >= 11 is 0. The molecule has 118 valence electrons. The van der Waals surface area contributed by atoms with Crippen molar-refractivity contribution < 1.29 is 4.79 Å². The second-order valence-electron chi connectivity index (χ2n) is 5.96. The quantitative estimate of drug-likeness (QED) is 0.937. The zero-order chi connectivity index (χ0) is 15.5. The van der Waals surface area contributed by atoms with Crippen LogP contribution in [0, 0.1) is 6.92 Å². The fraction of sp³-hybridized carbons (Fsp3) is 0.562. The van der Waals surface area contributed by atoms with Crippen molar-refractivity contribution in [3.8, 4) is 0 Å². The van der Waals surface area contributed by atoms with Gasteiger partial charge in [-0.2, -0.15) is 0 Å². The Kier molecular flexibility index (Phi) is 4.27. The fourth-order valence-corrected chi connectivity index (χ4v) is 3.11. The zero-order valence-electron chi connectivity index (χ0n) is 13.2. The molecule has 1 N–H and O–H groups in total. The van der Waals surface area contributed by atoms with Crippen molar-refractivity contribution in [1.29, 1.82) is 0 Å². The number of carbonyl (C=O) groups excluding carboxylic acids is 1. The van der Waals surface area contributed by atoms with Crippen LogP contribution in [0.15, 0.2) is 18.6 Å². The number of aryl methyl sites for hydroxylation is 2. The molecule has 22 heavy (non-hydrogen) atoms. The predicted octanol–water partition coefficient (Wildman–Crippen LogP) is 1.88. The normalized spacial score (nSPS) is 18.6. The van der Waals surface area contributed by atoms with E-state index in [1.54, 1.807) is 6.20 Å². The van der Waals surface area contributed by atoms with Crippen LogP contribution in [0.3, 0.4) is 0 Å². The van der Waals surface area contributed by atoms with Crippen LogP contribution in [0.4, 0.5) is 0 Å². The van der Waals surface area contributed by atoms with E-state index in [0.29, 0.717) is 12.5 Å². The molecule has 6 nitrogen and oxygen atoms in total. The maximum absolute atomic E-state index is 12.6. The number of nitrogens with zero attached hydrogens (tertiary/aromatic N) is 4. The van der Waals surface area contributed by atoms with Crippen molar-refractivity contribution in [2.45, 2.75) is 45.6 Å². The molecule has 1 fully saturated rings. The largest absolute Gasteiger partial charge is 0.346 e. The summed E-state index contributed by atoms with van der Waals surface area (Å²) in [4.78, 5) is 26.5. The van der Waals surface area contributed by atoms with Crippen molar-refractivity contribution in [2.24, 2.45) is 0 Å². The Morgan fingerprint density at radius 1 is 1.45 bits per heavy atom. The van der Waals surface area contributed by atoms with Gasteiger partial charge in [0.15, 0.2) is 0 Å². The highest BCUT2D eigenvalue weighted by Gasteiger charge is 2.26. The molecule has 0 bridgehead atoms. The lowest BCUT2D eigenvalue weighted by molar-refractivity contribution is -0.133. The summed E-state index contributed by atoms with van der Waals surface area (Å²) in [5, 5.41) is 0. The van der Waals surface area contributed by atoms with E-state index in [-0.39, 0.29) is 5.91 Å². The number of hydrogen-bond donors (Lipinski definition) is 1. The number of piperidine rings is 1. The van der Waals surface area contributed by atoms with Crippen molar-refractivity contribution in [2.75, 3.05) is 13.1 Å². The lowest BCUT2D eigenvalue weighted by Crippen LogP contribution is -2.41. The van der Waals surface area contributed by atoms with Crippen molar-refractivity contribution >= 4 is 5.91 Å². The molecule has 2 aromatic rings. The Balaban J connectivity index is 1.65. The van der Waals surface area contributed by atoms with Crippen molar-refractivity contribution in [1.82, 2.24) is 24.4 Å². The summed E-state index contributed by atoms with van der Waals surface area (Å²) in [6.07, 6.45) is 8.46. The number of nitrogens with one attached hydrogen (secondary N) is 1. The number of rotatable bonds is 4. The second-order valence-corrected chi connectivity index (χ2v) is 5.96. The van der Waals surface area contributed by atoms with E-state index in [9.17, 15) is 4.79 Å². The molecule has 3 rings (SSSR count). The average molecular weight is 301 g/mol. The summed E-state index contributed by atoms with van der Waals surface area (Å²) < 4.78 is 1.95. The van der Waals surface area contributed by atoms with Crippen LogP contribution < -0.4 is 0 Å². The van der Waals surface area contributed by atoms with Gasteiger partial charge in [-0.25, -0.2) is 9.97 Å². The molecule has 1 unspecified atom stereocenters. The summed E-state index contributed by atoms with van der Waals surface area (Å²) in [6, 6.07) is 0. The molecule has 1 saturated heterocycles. The molecule has 0 aromatic carbocycles. The van der Waals surface area contributed by atoms with Crippen molar-refractivity contribution in [3.05, 3.63) is 35.9 Å². The van der Waals surface area contributed by atoms with Gasteiger partial charge in [0.25, 0.3) is 0 Å². The highest BCUT2D eigenvalue weighted by molar-refractivity contribution is 5.76. The number of hydrogen-bond acceptors (Lipinski definition) is 3. The smallest absolute Gasteiger partial charge is 0.242 e. The topological polar surface area (TPSA) is 66.8 Å². The molecule has 1 aliphatic rings. The molecule has 0 spiro atoms. The van der Waals surface area contributed by atoms with Crippen molar-refractivity contribution in [3.63, 3.8) is 0 Å². The number of aromatic nitrogens is 4. The van der Waals surface area contributed by atoms with E-state index in [1.165, 1.54) is 0 Å². The SMILES string of the molecule is CCc1nccn1CC(=O)N1CCCC(c2ncc(C)[nH]2)C1. The van der Waals surface area contributed by atoms with E-state index < -0.39 is 0 Å². The standard InChI is InChI=1S/C16H23N5O/c1-3-14-17-6-8-20(14)11-15(22)21-7-4-5-13(10-21)16-18-9-12(2)19-16/h6,8-9,13H,3-5,7,10-11H2,1-2H3,(H,18,19). The van der Waals surface area contributed by atoms with Gasteiger partial charge >= 0.3 is 0 Å². The van der Waals surface area contributed by atoms with Crippen LogP contribution in [-0.2, 0) is 17.8 Å². The third kappa shape index (κ3) is 3.05. The Bertz CT molecular complexity index is 645. The lowest BCUT2D eigenvalue weighted by atomic mass is 9.97. The molecular weight excluding hydrogens is 278 g/mol.